The van der Waals surface area contributed by atoms with Crippen LogP contribution in [-0.4, -0.2) is 62.7 Å². The Morgan fingerprint density at radius 1 is 0.943 bits per heavy atom. The minimum Gasteiger partial charge on any atom is -0.369 e. The summed E-state index contributed by atoms with van der Waals surface area (Å²) >= 11 is 0. The first-order chi connectivity index (χ1) is 16.8. The fourth-order valence-corrected chi connectivity index (χ4v) is 3.89. The molecule has 10 heteroatoms. The number of urea groups is 1. The van der Waals surface area contributed by atoms with E-state index in [0.29, 0.717) is 44.0 Å². The molecule has 3 N–H and O–H groups in total. The van der Waals surface area contributed by atoms with Gasteiger partial charge in [-0.2, -0.15) is 13.2 Å². The van der Waals surface area contributed by atoms with Crippen LogP contribution in [0, 0.1) is 0 Å². The average molecular weight is 492 g/mol. The van der Waals surface area contributed by atoms with Crippen LogP contribution < -0.4 is 20.9 Å². The Bertz CT molecular complexity index is 974. The van der Waals surface area contributed by atoms with E-state index in [1.165, 1.54) is 12.1 Å². The molecule has 1 heterocycles. The predicted octanol–water partition coefficient (Wildman–Crippen LogP) is 3.47. The summed E-state index contributed by atoms with van der Waals surface area (Å²) in [5.74, 6) is -0.123. The minimum absolute atomic E-state index is 0.123. The number of hydrogen-bond acceptors (Lipinski definition) is 4. The van der Waals surface area contributed by atoms with E-state index in [-0.39, 0.29) is 11.9 Å². The van der Waals surface area contributed by atoms with Crippen LogP contribution in [0.15, 0.2) is 48.5 Å². The highest BCUT2D eigenvalue weighted by atomic mass is 19.4. The third-order valence-electron chi connectivity index (χ3n) is 5.85. The SMILES string of the molecule is CCNC(=O)c1ccc(CNC(=O)NCCCN2CCN(c3cccc(C(F)(F)F)c3)CC2)cc1. The van der Waals surface area contributed by atoms with Gasteiger partial charge in [0.1, 0.15) is 0 Å². The number of piperazine rings is 1. The van der Waals surface area contributed by atoms with E-state index in [4.69, 9.17) is 0 Å². The number of amides is 3. The molecular weight excluding hydrogens is 459 g/mol. The zero-order chi connectivity index (χ0) is 25.3. The molecule has 0 spiro atoms. The summed E-state index contributed by atoms with van der Waals surface area (Å²) < 4.78 is 38.9. The van der Waals surface area contributed by atoms with Crippen LogP contribution in [0.1, 0.15) is 34.8 Å². The van der Waals surface area contributed by atoms with Gasteiger partial charge in [-0.3, -0.25) is 9.69 Å². The largest absolute Gasteiger partial charge is 0.416 e. The number of anilines is 1. The van der Waals surface area contributed by atoms with Gasteiger partial charge < -0.3 is 20.9 Å². The van der Waals surface area contributed by atoms with Crippen LogP contribution in [0.2, 0.25) is 0 Å². The van der Waals surface area contributed by atoms with Crippen molar-refractivity contribution in [1.29, 1.82) is 0 Å². The lowest BCUT2D eigenvalue weighted by Crippen LogP contribution is -2.47. The van der Waals surface area contributed by atoms with E-state index in [1.807, 2.05) is 24.0 Å². The molecule has 1 aliphatic rings. The molecule has 0 saturated carbocycles. The van der Waals surface area contributed by atoms with Crippen molar-refractivity contribution in [3.05, 3.63) is 65.2 Å². The number of carbonyl (C=O) groups excluding carboxylic acids is 2. The van der Waals surface area contributed by atoms with E-state index in [0.717, 1.165) is 37.7 Å². The Balaban J connectivity index is 1.30. The molecule has 3 amide bonds. The van der Waals surface area contributed by atoms with Crippen LogP contribution in [0.5, 0.6) is 0 Å². The lowest BCUT2D eigenvalue weighted by molar-refractivity contribution is -0.137. The number of alkyl halides is 3. The summed E-state index contributed by atoms with van der Waals surface area (Å²) in [7, 11) is 0. The van der Waals surface area contributed by atoms with Gasteiger partial charge in [0.15, 0.2) is 0 Å². The number of rotatable bonds is 9. The van der Waals surface area contributed by atoms with Gasteiger partial charge in [0.05, 0.1) is 5.56 Å². The first-order valence-corrected chi connectivity index (χ1v) is 11.8. The van der Waals surface area contributed by atoms with Crippen molar-refractivity contribution < 1.29 is 22.8 Å². The number of carbonyl (C=O) groups is 2. The monoisotopic (exact) mass is 491 g/mol. The van der Waals surface area contributed by atoms with Crippen LogP contribution in [0.25, 0.3) is 0 Å². The molecule has 0 radical (unpaired) electrons. The first-order valence-electron chi connectivity index (χ1n) is 11.8. The summed E-state index contributed by atoms with van der Waals surface area (Å²) in [5.41, 5.74) is 1.44. The van der Waals surface area contributed by atoms with Crippen molar-refractivity contribution in [1.82, 2.24) is 20.9 Å². The van der Waals surface area contributed by atoms with Crippen LogP contribution in [0.3, 0.4) is 0 Å². The van der Waals surface area contributed by atoms with Crippen molar-refractivity contribution in [2.75, 3.05) is 50.7 Å². The second-order valence-electron chi connectivity index (χ2n) is 8.40. The lowest BCUT2D eigenvalue weighted by Gasteiger charge is -2.36. The maximum Gasteiger partial charge on any atom is 0.416 e. The Morgan fingerprint density at radius 2 is 1.66 bits per heavy atom. The number of halogens is 3. The second kappa shape index (κ2) is 12.4. The van der Waals surface area contributed by atoms with Gasteiger partial charge in [-0.15, -0.1) is 0 Å². The van der Waals surface area contributed by atoms with E-state index in [1.54, 1.807) is 18.2 Å². The molecule has 2 aromatic rings. The summed E-state index contributed by atoms with van der Waals surface area (Å²) in [6, 6.07) is 12.3. The van der Waals surface area contributed by atoms with Crippen molar-refractivity contribution in [3.8, 4) is 0 Å². The Hall–Kier alpha value is -3.27. The molecule has 1 saturated heterocycles. The third kappa shape index (κ3) is 8.17. The second-order valence-corrected chi connectivity index (χ2v) is 8.40. The normalized spacial score (nSPS) is 14.5. The zero-order valence-corrected chi connectivity index (χ0v) is 19.8. The van der Waals surface area contributed by atoms with E-state index >= 15 is 0 Å². The van der Waals surface area contributed by atoms with Crippen LogP contribution >= 0.6 is 0 Å². The average Bonchev–Trinajstić information content (AvgIpc) is 2.86. The van der Waals surface area contributed by atoms with Gasteiger partial charge in [0.2, 0.25) is 0 Å². The first kappa shape index (κ1) is 26.3. The number of benzene rings is 2. The van der Waals surface area contributed by atoms with Gasteiger partial charge in [-0.05, 0) is 55.8 Å². The van der Waals surface area contributed by atoms with E-state index in [9.17, 15) is 22.8 Å². The van der Waals surface area contributed by atoms with Crippen molar-refractivity contribution in [2.45, 2.75) is 26.1 Å². The fourth-order valence-electron chi connectivity index (χ4n) is 3.89. The van der Waals surface area contributed by atoms with Crippen LogP contribution in [0.4, 0.5) is 23.7 Å². The summed E-state index contributed by atoms with van der Waals surface area (Å²) in [4.78, 5) is 28.0. The van der Waals surface area contributed by atoms with E-state index in [2.05, 4.69) is 20.9 Å². The van der Waals surface area contributed by atoms with Gasteiger partial charge in [-0.1, -0.05) is 18.2 Å². The maximum atomic E-state index is 13.0. The summed E-state index contributed by atoms with van der Waals surface area (Å²) in [6.07, 6.45) is -3.56. The molecule has 1 aliphatic heterocycles. The van der Waals surface area contributed by atoms with Crippen molar-refractivity contribution in [3.63, 3.8) is 0 Å². The zero-order valence-electron chi connectivity index (χ0n) is 19.8. The molecule has 7 nitrogen and oxygen atoms in total. The molecule has 0 aliphatic carbocycles. The van der Waals surface area contributed by atoms with E-state index < -0.39 is 11.7 Å². The van der Waals surface area contributed by atoms with Crippen molar-refractivity contribution >= 4 is 17.6 Å². The van der Waals surface area contributed by atoms with Gasteiger partial charge >= 0.3 is 12.2 Å². The molecule has 0 atom stereocenters. The smallest absolute Gasteiger partial charge is 0.369 e. The third-order valence-corrected chi connectivity index (χ3v) is 5.85. The maximum absolute atomic E-state index is 13.0. The highest BCUT2D eigenvalue weighted by Crippen LogP contribution is 2.31. The molecule has 35 heavy (non-hydrogen) atoms. The van der Waals surface area contributed by atoms with Gasteiger partial charge in [0.25, 0.3) is 5.91 Å². The molecule has 0 aromatic heterocycles. The molecule has 0 bridgehead atoms. The summed E-state index contributed by atoms with van der Waals surface area (Å²) in [6.45, 7) is 6.95. The lowest BCUT2D eigenvalue weighted by atomic mass is 10.1. The predicted molar refractivity (Wildman–Crippen MR) is 129 cm³/mol. The number of hydrogen-bond donors (Lipinski definition) is 3. The molecule has 2 aromatic carbocycles. The molecule has 190 valence electrons. The number of nitrogens with zero attached hydrogens (tertiary/aromatic N) is 2. The Morgan fingerprint density at radius 3 is 2.31 bits per heavy atom. The van der Waals surface area contributed by atoms with Gasteiger partial charge in [0, 0.05) is 57.1 Å². The molecule has 1 fully saturated rings. The Labute approximate surface area is 203 Å². The highest BCUT2D eigenvalue weighted by molar-refractivity contribution is 5.94. The quantitative estimate of drug-likeness (QED) is 0.470. The summed E-state index contributed by atoms with van der Waals surface area (Å²) in [5, 5.41) is 8.37. The van der Waals surface area contributed by atoms with Gasteiger partial charge in [-0.25, -0.2) is 4.79 Å². The molecule has 3 rings (SSSR count). The van der Waals surface area contributed by atoms with Crippen molar-refractivity contribution in [2.24, 2.45) is 0 Å². The minimum atomic E-state index is -4.34. The molecule has 0 unspecified atom stereocenters. The van der Waals surface area contributed by atoms with Crippen LogP contribution in [-0.2, 0) is 12.7 Å². The highest BCUT2D eigenvalue weighted by Gasteiger charge is 2.31. The molecular formula is C25H32F3N5O2. The topological polar surface area (TPSA) is 76.7 Å². The number of nitrogens with one attached hydrogen (secondary N) is 3. The fraction of sp³-hybridized carbons (Fsp3) is 0.440. The Kier molecular flexibility index (Phi) is 9.36. The standard InChI is InChI=1S/C25H32F3N5O2/c1-2-29-23(34)20-9-7-19(8-10-20)18-31-24(35)30-11-4-12-32-13-15-33(16-14-32)22-6-3-5-21(17-22)25(26,27)28/h3,5-10,17H,2,4,11-16,18H2,1H3,(H,29,34)(H2,30,31,35).